The number of halogens is 9. The van der Waals surface area contributed by atoms with Gasteiger partial charge in [0.25, 0.3) is 5.91 Å². The maximum Gasteiger partial charge on any atom is 0.416 e. The highest BCUT2D eigenvalue weighted by Crippen LogP contribution is 2.38. The minimum Gasteiger partial charge on any atom is -0.273 e. The number of carbonyl (C=O) groups is 2. The minimum absolute atomic E-state index is 0.0664. The number of alkyl halides is 9. The highest BCUT2D eigenvalue weighted by molar-refractivity contribution is 5.93. The Hall–Kier alpha value is -3.59. The quantitative estimate of drug-likeness (QED) is 0.470. The Morgan fingerprint density at radius 1 is 0.971 bits per heavy atom. The van der Waals surface area contributed by atoms with Gasteiger partial charge in [-0.3, -0.25) is 9.59 Å². The Bertz CT molecular complexity index is 1090. The fourth-order valence-corrected chi connectivity index (χ4v) is 2.95. The van der Waals surface area contributed by atoms with E-state index in [9.17, 15) is 49.1 Å². The Morgan fingerprint density at radius 3 is 2.09 bits per heavy atom. The summed E-state index contributed by atoms with van der Waals surface area (Å²) in [6.07, 6.45) is -12.8. The van der Waals surface area contributed by atoms with Crippen LogP contribution in [0, 0.1) is 0 Å². The molecule has 0 spiro atoms. The van der Waals surface area contributed by atoms with Crippen LogP contribution in [0.3, 0.4) is 0 Å². The summed E-state index contributed by atoms with van der Waals surface area (Å²) < 4.78 is 117. The lowest BCUT2D eigenvalue weighted by Crippen LogP contribution is -2.46. The number of hydrazine groups is 1. The molecule has 1 aliphatic rings. The number of carbonyl (C=O) groups excluding carboxylic acids is 2. The van der Waals surface area contributed by atoms with Crippen molar-refractivity contribution in [2.75, 3.05) is 13.1 Å². The van der Waals surface area contributed by atoms with E-state index in [2.05, 4.69) is 10.1 Å². The van der Waals surface area contributed by atoms with Gasteiger partial charge < -0.3 is 0 Å². The third-order valence-electron chi connectivity index (χ3n) is 4.42. The molecule has 0 saturated carbocycles. The van der Waals surface area contributed by atoms with Gasteiger partial charge in [0, 0.05) is 24.3 Å². The number of hydrogen-bond donors (Lipinski definition) is 0. The molecule has 1 fully saturated rings. The van der Waals surface area contributed by atoms with Crippen LogP contribution in [0.5, 0.6) is 0 Å². The number of benzene rings is 1. The van der Waals surface area contributed by atoms with E-state index >= 15 is 0 Å². The highest BCUT2D eigenvalue weighted by Gasteiger charge is 2.40. The third kappa shape index (κ3) is 5.85. The molecule has 1 saturated heterocycles. The SMILES string of the molecule is O=C(/C=C\n1cnc(-c2cc(C(F)(F)F)cc(C(F)(F)F)c2)n1)N1CCC(=O)N1CC(F)(F)F. The van der Waals surface area contributed by atoms with E-state index in [1.165, 1.54) is 0 Å². The van der Waals surface area contributed by atoms with Gasteiger partial charge in [-0.25, -0.2) is 19.7 Å². The summed E-state index contributed by atoms with van der Waals surface area (Å²) in [4.78, 5) is 27.4. The molecule has 184 valence electrons. The van der Waals surface area contributed by atoms with Gasteiger partial charge in [-0.05, 0) is 18.2 Å². The van der Waals surface area contributed by atoms with Crippen LogP contribution < -0.4 is 0 Å². The molecule has 0 unspecified atom stereocenters. The molecular formula is C18H12F9N5O2. The number of aromatic nitrogens is 3. The van der Waals surface area contributed by atoms with Crippen molar-refractivity contribution in [2.24, 2.45) is 0 Å². The zero-order valence-corrected chi connectivity index (χ0v) is 16.5. The molecule has 7 nitrogen and oxygen atoms in total. The zero-order valence-electron chi connectivity index (χ0n) is 16.5. The average Bonchev–Trinajstić information content (AvgIpc) is 3.31. The number of hydrogen-bond acceptors (Lipinski definition) is 4. The molecule has 0 aliphatic carbocycles. The summed E-state index contributed by atoms with van der Waals surface area (Å²) in [5, 5.41) is 4.44. The van der Waals surface area contributed by atoms with Crippen LogP contribution in [0.4, 0.5) is 39.5 Å². The number of nitrogens with zero attached hydrogens (tertiary/aromatic N) is 5. The molecule has 34 heavy (non-hydrogen) atoms. The number of rotatable bonds is 4. The Morgan fingerprint density at radius 2 is 1.56 bits per heavy atom. The summed E-state index contributed by atoms with van der Waals surface area (Å²) in [5.74, 6) is -2.50. The summed E-state index contributed by atoms with van der Waals surface area (Å²) in [6.45, 7) is -2.00. The van der Waals surface area contributed by atoms with E-state index in [-0.39, 0.29) is 24.0 Å². The van der Waals surface area contributed by atoms with Gasteiger partial charge in [-0.15, -0.1) is 5.10 Å². The lowest BCUT2D eigenvalue weighted by Gasteiger charge is -2.27. The van der Waals surface area contributed by atoms with E-state index in [0.29, 0.717) is 23.2 Å². The standard InChI is InChI=1S/C18H12F9N5O2/c19-16(20,21)8-32-14(34)2-4-31(32)13(33)1-3-30-9-28-15(29-30)10-5-11(17(22,23)24)7-12(6-10)18(25,26)27/h1,3,5-7,9H,2,4,8H2/b3-1-. The topological polar surface area (TPSA) is 71.3 Å². The zero-order chi connectivity index (χ0) is 25.5. The second-order valence-electron chi connectivity index (χ2n) is 6.94. The Balaban J connectivity index is 1.83. The lowest BCUT2D eigenvalue weighted by molar-refractivity contribution is -0.184. The summed E-state index contributed by atoms with van der Waals surface area (Å²) in [7, 11) is 0. The second-order valence-corrected chi connectivity index (χ2v) is 6.94. The molecule has 2 aromatic rings. The van der Waals surface area contributed by atoms with Crippen molar-refractivity contribution in [2.45, 2.75) is 24.9 Å². The number of amides is 2. The highest BCUT2D eigenvalue weighted by atomic mass is 19.4. The van der Waals surface area contributed by atoms with Crippen molar-refractivity contribution in [3.05, 3.63) is 41.7 Å². The smallest absolute Gasteiger partial charge is 0.273 e. The fourth-order valence-electron chi connectivity index (χ4n) is 2.95. The lowest BCUT2D eigenvalue weighted by atomic mass is 10.0. The first-order chi connectivity index (χ1) is 15.5. The van der Waals surface area contributed by atoms with Crippen molar-refractivity contribution in [1.82, 2.24) is 24.8 Å². The normalized spacial score (nSPS) is 15.6. The van der Waals surface area contributed by atoms with Crippen molar-refractivity contribution in [3.63, 3.8) is 0 Å². The molecule has 3 rings (SSSR count). The molecule has 1 aliphatic heterocycles. The predicted molar refractivity (Wildman–Crippen MR) is 94.9 cm³/mol. The van der Waals surface area contributed by atoms with Gasteiger partial charge in [-0.2, -0.15) is 39.5 Å². The van der Waals surface area contributed by atoms with E-state index in [0.717, 1.165) is 17.2 Å². The Kier molecular flexibility index (Phi) is 6.36. The molecule has 0 atom stereocenters. The molecule has 16 heteroatoms. The largest absolute Gasteiger partial charge is 0.416 e. The van der Waals surface area contributed by atoms with E-state index in [4.69, 9.17) is 0 Å². The Labute approximate surface area is 184 Å². The van der Waals surface area contributed by atoms with E-state index < -0.39 is 59.4 Å². The van der Waals surface area contributed by atoms with Gasteiger partial charge >= 0.3 is 18.5 Å². The first kappa shape index (κ1) is 25.0. The summed E-state index contributed by atoms with van der Waals surface area (Å²) >= 11 is 0. The van der Waals surface area contributed by atoms with Crippen LogP contribution in [-0.4, -0.2) is 55.9 Å². The fraction of sp³-hybridized carbons (Fsp3) is 0.333. The van der Waals surface area contributed by atoms with Crippen molar-refractivity contribution in [1.29, 1.82) is 0 Å². The van der Waals surface area contributed by atoms with E-state index in [1.807, 2.05) is 0 Å². The third-order valence-corrected chi connectivity index (χ3v) is 4.42. The molecule has 2 heterocycles. The maximum absolute atomic E-state index is 13.0. The van der Waals surface area contributed by atoms with E-state index in [1.54, 1.807) is 0 Å². The van der Waals surface area contributed by atoms with Gasteiger partial charge in [0.05, 0.1) is 17.7 Å². The monoisotopic (exact) mass is 501 g/mol. The van der Waals surface area contributed by atoms with Crippen molar-refractivity contribution >= 4 is 18.0 Å². The van der Waals surface area contributed by atoms with Crippen molar-refractivity contribution in [3.8, 4) is 11.4 Å². The maximum atomic E-state index is 13.0. The molecular weight excluding hydrogens is 489 g/mol. The first-order valence-corrected chi connectivity index (χ1v) is 9.12. The molecule has 0 radical (unpaired) electrons. The van der Waals surface area contributed by atoms with Crippen LogP contribution in [0.1, 0.15) is 17.5 Å². The van der Waals surface area contributed by atoms with Crippen LogP contribution in [0.25, 0.3) is 17.6 Å². The molecule has 1 aromatic heterocycles. The molecule has 2 amide bonds. The van der Waals surface area contributed by atoms with Crippen LogP contribution in [-0.2, 0) is 21.9 Å². The van der Waals surface area contributed by atoms with Gasteiger partial charge in [0.2, 0.25) is 5.91 Å². The van der Waals surface area contributed by atoms with Crippen molar-refractivity contribution < 1.29 is 49.1 Å². The minimum atomic E-state index is -5.08. The second kappa shape index (κ2) is 8.64. The summed E-state index contributed by atoms with van der Waals surface area (Å²) in [6, 6.07) is 0.756. The average molecular weight is 501 g/mol. The van der Waals surface area contributed by atoms with Crippen LogP contribution in [0.15, 0.2) is 30.6 Å². The van der Waals surface area contributed by atoms with Gasteiger partial charge in [0.15, 0.2) is 5.82 Å². The predicted octanol–water partition coefficient (Wildman–Crippen LogP) is 3.99. The van der Waals surface area contributed by atoms with Crippen LogP contribution in [0.2, 0.25) is 0 Å². The molecule has 1 aromatic carbocycles. The van der Waals surface area contributed by atoms with Crippen LogP contribution >= 0.6 is 0 Å². The molecule has 0 bridgehead atoms. The summed E-state index contributed by atoms with van der Waals surface area (Å²) in [5.41, 5.74) is -3.77. The first-order valence-electron chi connectivity index (χ1n) is 9.12. The van der Waals surface area contributed by atoms with Gasteiger partial charge in [0.1, 0.15) is 12.9 Å². The van der Waals surface area contributed by atoms with Gasteiger partial charge in [-0.1, -0.05) is 0 Å². The molecule has 0 N–H and O–H groups in total.